The average molecular weight is 468 g/mol. The van der Waals surface area contributed by atoms with Crippen LogP contribution in [0, 0.1) is 0 Å². The van der Waals surface area contributed by atoms with E-state index in [1.54, 1.807) is 4.72 Å². The molecule has 1 unspecified atom stereocenters. The van der Waals surface area contributed by atoms with Crippen LogP contribution >= 0.6 is 0 Å². The molecule has 29 heavy (non-hydrogen) atoms. The molecule has 0 saturated heterocycles. The Hall–Kier alpha value is -0.400. The monoisotopic (exact) mass is 468 g/mol. The molecule has 13 nitrogen and oxygen atoms in total. The fourth-order valence-corrected chi connectivity index (χ4v) is 3.72. The van der Waals surface area contributed by atoms with Gasteiger partial charge in [0.15, 0.2) is 0 Å². The number of aliphatic hydroxyl groups excluding tert-OH is 6. The summed E-state index contributed by atoms with van der Waals surface area (Å²) in [5.41, 5.74) is -0.143. The van der Waals surface area contributed by atoms with E-state index in [0.717, 1.165) is 24.3 Å². The third-order valence-corrected chi connectivity index (χ3v) is 6.05. The summed E-state index contributed by atoms with van der Waals surface area (Å²) in [4.78, 5) is -0.296. The van der Waals surface area contributed by atoms with Crippen molar-refractivity contribution in [2.45, 2.75) is 34.7 Å². The number of anilines is 1. The van der Waals surface area contributed by atoms with Crippen LogP contribution in [0.4, 0.5) is 5.69 Å². The third kappa shape index (κ3) is 7.98. The van der Waals surface area contributed by atoms with E-state index in [4.69, 9.17) is 10.2 Å². The van der Waals surface area contributed by atoms with E-state index in [9.17, 15) is 41.8 Å². The predicted octanol–water partition coefficient (Wildman–Crippen LogP) is -7.36. The number of hydrogen-bond acceptors (Lipinski definition) is 12. The largest absolute Gasteiger partial charge is 1.00 e. The Morgan fingerprint density at radius 3 is 1.83 bits per heavy atom. The molecule has 0 fully saturated rings. The Labute approximate surface area is 189 Å². The Morgan fingerprint density at radius 2 is 1.41 bits per heavy atom. The van der Waals surface area contributed by atoms with Crippen LogP contribution in [0.2, 0.25) is 0 Å². The molecule has 0 aliphatic carbocycles. The van der Waals surface area contributed by atoms with Gasteiger partial charge in [-0.2, -0.15) is 4.72 Å². The van der Waals surface area contributed by atoms with Gasteiger partial charge in [-0.25, -0.2) is 16.8 Å². The van der Waals surface area contributed by atoms with Gasteiger partial charge in [0.05, 0.1) is 11.5 Å². The van der Waals surface area contributed by atoms with Crippen molar-refractivity contribution in [3.63, 3.8) is 0 Å². The van der Waals surface area contributed by atoms with E-state index in [2.05, 4.69) is 5.32 Å². The summed E-state index contributed by atoms with van der Waals surface area (Å²) in [6, 6.07) is 4.09. The SMILES string of the molecule is O=S(=O)(NCO)c1ccc(NC([C@@H](O)[C@H](O)[C@@H](O)[C@@H](O)CO)S(=O)(=O)[O-])cc1.[Na+]. The van der Waals surface area contributed by atoms with Crippen molar-refractivity contribution >= 4 is 25.8 Å². The third-order valence-electron chi connectivity index (χ3n) is 3.63. The second-order valence-corrected chi connectivity index (χ2v) is 8.87. The summed E-state index contributed by atoms with van der Waals surface area (Å²) in [6.45, 7) is -1.87. The second kappa shape index (κ2) is 11.8. The van der Waals surface area contributed by atoms with Crippen molar-refractivity contribution in [1.82, 2.24) is 4.72 Å². The van der Waals surface area contributed by atoms with Crippen LogP contribution in [0.3, 0.4) is 0 Å². The van der Waals surface area contributed by atoms with Crippen LogP contribution < -0.4 is 39.6 Å². The Morgan fingerprint density at radius 1 is 0.897 bits per heavy atom. The van der Waals surface area contributed by atoms with Crippen LogP contribution in [0.5, 0.6) is 0 Å². The predicted molar refractivity (Wildman–Crippen MR) is 92.1 cm³/mol. The molecule has 0 heterocycles. The minimum atomic E-state index is -5.31. The van der Waals surface area contributed by atoms with E-state index in [1.165, 1.54) is 0 Å². The molecule has 162 valence electrons. The molecule has 1 rings (SSSR count). The molecular weight excluding hydrogens is 447 g/mol. The molecule has 0 aromatic heterocycles. The fourth-order valence-electron chi connectivity index (χ4n) is 2.11. The first-order chi connectivity index (χ1) is 12.8. The molecule has 0 spiro atoms. The normalized spacial score (nSPS) is 17.5. The minimum absolute atomic E-state index is 0. The molecule has 0 aliphatic heterocycles. The van der Waals surface area contributed by atoms with Gasteiger partial charge in [0.2, 0.25) is 10.0 Å². The minimum Gasteiger partial charge on any atom is -0.746 e. The topological polar surface area (TPSA) is 237 Å². The first kappa shape index (κ1) is 28.6. The van der Waals surface area contributed by atoms with Gasteiger partial charge >= 0.3 is 29.6 Å². The zero-order valence-electron chi connectivity index (χ0n) is 15.2. The van der Waals surface area contributed by atoms with Gasteiger partial charge in [-0.1, -0.05) is 0 Å². The number of sulfonamides is 1. The molecule has 5 atom stereocenters. The Bertz CT molecular complexity index is 835. The van der Waals surface area contributed by atoms with Crippen LogP contribution in [0.25, 0.3) is 0 Å². The van der Waals surface area contributed by atoms with Gasteiger partial charge in [-0.3, -0.25) is 0 Å². The number of hydrogen-bond donors (Lipinski definition) is 8. The summed E-state index contributed by atoms with van der Waals surface area (Å²) in [7, 11) is -9.33. The van der Waals surface area contributed by atoms with Gasteiger partial charge < -0.3 is 40.5 Å². The Kier molecular flexibility index (Phi) is 11.7. The van der Waals surface area contributed by atoms with Gasteiger partial charge in [0.25, 0.3) is 0 Å². The fraction of sp³-hybridized carbons (Fsp3) is 0.538. The maximum atomic E-state index is 11.7. The van der Waals surface area contributed by atoms with Crippen molar-refractivity contribution in [2.24, 2.45) is 0 Å². The first-order valence-corrected chi connectivity index (χ1v) is 10.6. The summed E-state index contributed by atoms with van der Waals surface area (Å²) < 4.78 is 59.5. The summed E-state index contributed by atoms with van der Waals surface area (Å²) in [5, 5.41) is 55.7. The smallest absolute Gasteiger partial charge is 0.746 e. The molecule has 1 aromatic carbocycles. The van der Waals surface area contributed by atoms with Crippen LogP contribution in [-0.4, -0.2) is 95.2 Å². The van der Waals surface area contributed by atoms with Crippen molar-refractivity contribution < 1.29 is 81.6 Å². The molecule has 16 heteroatoms. The summed E-state index contributed by atoms with van der Waals surface area (Å²) in [6.07, 6.45) is -8.82. The van der Waals surface area contributed by atoms with E-state index in [0.29, 0.717) is 0 Å². The second-order valence-electron chi connectivity index (χ2n) is 5.61. The number of nitrogens with one attached hydrogen (secondary N) is 2. The molecule has 0 radical (unpaired) electrons. The molecule has 0 aliphatic rings. The van der Waals surface area contributed by atoms with Crippen molar-refractivity contribution in [2.75, 3.05) is 18.7 Å². The zero-order valence-corrected chi connectivity index (χ0v) is 18.8. The molecule has 0 bridgehead atoms. The Balaban J connectivity index is 0.00000784. The standard InChI is InChI=1S/C13H22N2O11S2.Na/c16-5-9(18)10(19)11(20)12(21)13(28(24,25)26)15-7-1-3-8(4-2-7)27(22,23)14-6-17;/h1-4,9-21H,5-6H2,(H,24,25,26);/q;+1/p-1/t9-,10-,11+,12-,13?;/m0./s1. The average Bonchev–Trinajstić information content (AvgIpc) is 2.63. The summed E-state index contributed by atoms with van der Waals surface area (Å²) >= 11 is 0. The quantitative estimate of drug-likeness (QED) is 0.0859. The van der Waals surface area contributed by atoms with Crippen molar-refractivity contribution in [1.29, 1.82) is 0 Å². The molecule has 0 amide bonds. The molecular formula is C13H21N2NaO11S2. The number of rotatable bonds is 11. The first-order valence-electron chi connectivity index (χ1n) is 7.60. The molecule has 0 saturated carbocycles. The number of benzene rings is 1. The van der Waals surface area contributed by atoms with E-state index >= 15 is 0 Å². The molecule has 8 N–H and O–H groups in total. The number of aliphatic hydroxyl groups is 6. The van der Waals surface area contributed by atoms with Crippen molar-refractivity contribution in [3.8, 4) is 0 Å². The van der Waals surface area contributed by atoms with Crippen LogP contribution in [0.15, 0.2) is 29.2 Å². The van der Waals surface area contributed by atoms with Gasteiger partial charge in [-0.15, -0.1) is 0 Å². The van der Waals surface area contributed by atoms with Gasteiger partial charge in [0, 0.05) is 5.69 Å². The van der Waals surface area contributed by atoms with Crippen LogP contribution in [-0.2, 0) is 20.1 Å². The van der Waals surface area contributed by atoms with E-state index < -0.39 is 63.3 Å². The van der Waals surface area contributed by atoms with Crippen LogP contribution in [0.1, 0.15) is 0 Å². The zero-order chi connectivity index (χ0) is 21.7. The van der Waals surface area contributed by atoms with E-state index in [-0.39, 0.29) is 40.1 Å². The summed E-state index contributed by atoms with van der Waals surface area (Å²) in [5.74, 6) is 0. The van der Waals surface area contributed by atoms with Crippen molar-refractivity contribution in [3.05, 3.63) is 24.3 Å². The maximum absolute atomic E-state index is 11.7. The van der Waals surface area contributed by atoms with E-state index in [1.807, 2.05) is 0 Å². The van der Waals surface area contributed by atoms with Gasteiger partial charge in [0.1, 0.15) is 46.6 Å². The van der Waals surface area contributed by atoms with Gasteiger partial charge in [-0.05, 0) is 24.3 Å². The maximum Gasteiger partial charge on any atom is 1.00 e. The molecule has 1 aromatic rings.